The number of aliphatic hydroxyl groups is 1. The van der Waals surface area contributed by atoms with Crippen LogP contribution in [0.5, 0.6) is 0 Å². The number of carbonyl (C=O) groups is 1. The molecule has 110 valence electrons. The number of rotatable bonds is 1. The van der Waals surface area contributed by atoms with Crippen molar-refractivity contribution in [2.75, 3.05) is 18.4 Å². The average molecular weight is 288 g/mol. The number of alkyl halides is 3. The molecule has 4 nitrogen and oxygen atoms in total. The van der Waals surface area contributed by atoms with E-state index in [4.69, 9.17) is 0 Å². The van der Waals surface area contributed by atoms with E-state index in [0.29, 0.717) is 19.4 Å². The van der Waals surface area contributed by atoms with E-state index >= 15 is 0 Å². The molecule has 0 spiro atoms. The fourth-order valence-electron chi connectivity index (χ4n) is 2.12. The molecule has 0 bridgehead atoms. The van der Waals surface area contributed by atoms with E-state index < -0.39 is 23.9 Å². The first kappa shape index (κ1) is 14.6. The summed E-state index contributed by atoms with van der Waals surface area (Å²) in [5, 5.41) is 11.9. The Balaban J connectivity index is 2.04. The number of β-amino-alcohol motifs (C(OH)–C–C–N with tert-alkyl or cyclic N) is 1. The van der Waals surface area contributed by atoms with Gasteiger partial charge in [0.05, 0.1) is 11.7 Å². The van der Waals surface area contributed by atoms with E-state index in [2.05, 4.69) is 5.32 Å². The number of hydrogen-bond donors (Lipinski definition) is 2. The molecule has 2 amide bonds. The van der Waals surface area contributed by atoms with Crippen LogP contribution >= 0.6 is 0 Å². The summed E-state index contributed by atoms with van der Waals surface area (Å²) < 4.78 is 37.7. The molecule has 1 atom stereocenters. The van der Waals surface area contributed by atoms with Crippen LogP contribution in [0.15, 0.2) is 24.3 Å². The van der Waals surface area contributed by atoms with Crippen molar-refractivity contribution in [2.24, 2.45) is 0 Å². The van der Waals surface area contributed by atoms with Crippen LogP contribution in [0.3, 0.4) is 0 Å². The van der Waals surface area contributed by atoms with Gasteiger partial charge in [0, 0.05) is 18.8 Å². The molecule has 20 heavy (non-hydrogen) atoms. The fraction of sp³-hybridized carbons (Fsp3) is 0.462. The summed E-state index contributed by atoms with van der Waals surface area (Å²) in [6, 6.07) is 3.97. The minimum atomic E-state index is -4.44. The third-order valence-corrected chi connectivity index (χ3v) is 3.12. The van der Waals surface area contributed by atoms with Gasteiger partial charge >= 0.3 is 12.2 Å². The number of halogens is 3. The summed E-state index contributed by atoms with van der Waals surface area (Å²) in [5.41, 5.74) is -0.723. The van der Waals surface area contributed by atoms with Crippen molar-refractivity contribution >= 4 is 11.7 Å². The Morgan fingerprint density at radius 3 is 2.80 bits per heavy atom. The number of aliphatic hydroxyl groups excluding tert-OH is 1. The van der Waals surface area contributed by atoms with Crippen molar-refractivity contribution in [3.8, 4) is 0 Å². The predicted octanol–water partition coefficient (Wildman–Crippen LogP) is 2.69. The second-order valence-electron chi connectivity index (χ2n) is 4.75. The van der Waals surface area contributed by atoms with E-state index in [1.54, 1.807) is 0 Å². The summed E-state index contributed by atoms with van der Waals surface area (Å²) in [6.45, 7) is 0.687. The first-order valence-corrected chi connectivity index (χ1v) is 6.27. The number of benzene rings is 1. The van der Waals surface area contributed by atoms with E-state index in [9.17, 15) is 23.1 Å². The highest BCUT2D eigenvalue weighted by Gasteiger charge is 2.30. The quantitative estimate of drug-likeness (QED) is 0.834. The molecular weight excluding hydrogens is 273 g/mol. The van der Waals surface area contributed by atoms with Crippen molar-refractivity contribution in [1.82, 2.24) is 4.90 Å². The zero-order valence-corrected chi connectivity index (χ0v) is 10.7. The van der Waals surface area contributed by atoms with Crippen molar-refractivity contribution in [3.63, 3.8) is 0 Å². The molecule has 0 aliphatic carbocycles. The zero-order chi connectivity index (χ0) is 14.8. The van der Waals surface area contributed by atoms with E-state index in [-0.39, 0.29) is 12.2 Å². The Morgan fingerprint density at radius 1 is 1.40 bits per heavy atom. The van der Waals surface area contributed by atoms with Gasteiger partial charge in [-0.05, 0) is 31.0 Å². The topological polar surface area (TPSA) is 52.6 Å². The molecule has 2 N–H and O–H groups in total. The highest BCUT2D eigenvalue weighted by molar-refractivity contribution is 5.89. The molecule has 0 saturated carbocycles. The van der Waals surface area contributed by atoms with Crippen molar-refractivity contribution in [3.05, 3.63) is 29.8 Å². The van der Waals surface area contributed by atoms with Gasteiger partial charge in [0.25, 0.3) is 0 Å². The Kier molecular flexibility index (Phi) is 4.17. The summed E-state index contributed by atoms with van der Waals surface area (Å²) in [7, 11) is 0. The van der Waals surface area contributed by atoms with Gasteiger partial charge in [-0.1, -0.05) is 6.07 Å². The minimum Gasteiger partial charge on any atom is -0.391 e. The van der Waals surface area contributed by atoms with Gasteiger partial charge in [0.15, 0.2) is 0 Å². The molecule has 2 rings (SSSR count). The zero-order valence-electron chi connectivity index (χ0n) is 10.7. The highest BCUT2D eigenvalue weighted by atomic mass is 19.4. The van der Waals surface area contributed by atoms with E-state index in [0.717, 1.165) is 12.1 Å². The molecule has 1 saturated heterocycles. The first-order chi connectivity index (χ1) is 9.36. The predicted molar refractivity (Wildman–Crippen MR) is 67.3 cm³/mol. The van der Waals surface area contributed by atoms with E-state index in [1.807, 2.05) is 0 Å². The highest BCUT2D eigenvalue weighted by Crippen LogP contribution is 2.30. The number of nitrogens with one attached hydrogen (secondary N) is 1. The third-order valence-electron chi connectivity index (χ3n) is 3.12. The maximum atomic E-state index is 12.6. The first-order valence-electron chi connectivity index (χ1n) is 6.27. The molecular formula is C13H15F3N2O2. The average Bonchev–Trinajstić information content (AvgIpc) is 2.38. The summed E-state index contributed by atoms with van der Waals surface area (Å²) in [4.78, 5) is 13.3. The van der Waals surface area contributed by atoms with Crippen LogP contribution in [0, 0.1) is 0 Å². The lowest BCUT2D eigenvalue weighted by Gasteiger charge is -2.30. The van der Waals surface area contributed by atoms with Crippen molar-refractivity contribution < 1.29 is 23.1 Å². The normalized spacial score (nSPS) is 19.8. The largest absolute Gasteiger partial charge is 0.416 e. The van der Waals surface area contributed by atoms with Gasteiger partial charge in [0.2, 0.25) is 0 Å². The number of nitrogens with zero attached hydrogens (tertiary/aromatic N) is 1. The van der Waals surface area contributed by atoms with Gasteiger partial charge < -0.3 is 15.3 Å². The number of urea groups is 1. The van der Waals surface area contributed by atoms with Gasteiger partial charge in [0.1, 0.15) is 0 Å². The van der Waals surface area contributed by atoms with E-state index in [1.165, 1.54) is 17.0 Å². The lowest BCUT2D eigenvalue weighted by atomic mass is 10.1. The Bertz CT molecular complexity index is 491. The maximum Gasteiger partial charge on any atom is 0.416 e. The third kappa shape index (κ3) is 3.63. The summed E-state index contributed by atoms with van der Waals surface area (Å²) in [6.07, 6.45) is -3.71. The molecule has 1 heterocycles. The van der Waals surface area contributed by atoms with Gasteiger partial charge in [-0.25, -0.2) is 4.79 Å². The molecule has 0 aromatic heterocycles. The SMILES string of the molecule is O=C(Nc1cccc(C(F)(F)F)c1)N1CCC[C@H](O)C1. The molecule has 1 aromatic carbocycles. The van der Waals surface area contributed by atoms with Gasteiger partial charge in [-0.3, -0.25) is 0 Å². The molecule has 1 aliphatic rings. The van der Waals surface area contributed by atoms with Crippen molar-refractivity contribution in [1.29, 1.82) is 0 Å². The number of anilines is 1. The second kappa shape index (κ2) is 5.70. The molecule has 1 fully saturated rings. The summed E-state index contributed by atoms with van der Waals surface area (Å²) >= 11 is 0. The van der Waals surface area contributed by atoms with Crippen LogP contribution < -0.4 is 5.32 Å². The smallest absolute Gasteiger partial charge is 0.391 e. The van der Waals surface area contributed by atoms with Gasteiger partial charge in [-0.15, -0.1) is 0 Å². The van der Waals surface area contributed by atoms with Crippen LogP contribution in [0.1, 0.15) is 18.4 Å². The van der Waals surface area contributed by atoms with Gasteiger partial charge in [-0.2, -0.15) is 13.2 Å². The Labute approximate surface area is 114 Å². The van der Waals surface area contributed by atoms with Crippen LogP contribution in [0.4, 0.5) is 23.7 Å². The number of carbonyl (C=O) groups excluding carboxylic acids is 1. The van der Waals surface area contributed by atoms with Crippen LogP contribution in [0.25, 0.3) is 0 Å². The summed E-state index contributed by atoms with van der Waals surface area (Å²) in [5.74, 6) is 0. The number of likely N-dealkylation sites (tertiary alicyclic amines) is 1. The molecule has 1 aliphatic heterocycles. The fourth-order valence-corrected chi connectivity index (χ4v) is 2.12. The molecule has 7 heteroatoms. The number of piperidine rings is 1. The molecule has 0 unspecified atom stereocenters. The molecule has 1 aromatic rings. The monoisotopic (exact) mass is 288 g/mol. The van der Waals surface area contributed by atoms with Crippen LogP contribution in [-0.2, 0) is 6.18 Å². The number of amides is 2. The Morgan fingerprint density at radius 2 is 2.15 bits per heavy atom. The van der Waals surface area contributed by atoms with Crippen molar-refractivity contribution in [2.45, 2.75) is 25.1 Å². The lowest BCUT2D eigenvalue weighted by molar-refractivity contribution is -0.137. The van der Waals surface area contributed by atoms with Crippen LogP contribution in [0.2, 0.25) is 0 Å². The standard InChI is InChI=1S/C13H15F3N2O2/c14-13(15,16)9-3-1-4-10(7-9)17-12(20)18-6-2-5-11(19)8-18/h1,3-4,7,11,19H,2,5-6,8H2,(H,17,20)/t11-/m0/s1. The lowest BCUT2D eigenvalue weighted by Crippen LogP contribution is -2.44. The maximum absolute atomic E-state index is 12.6. The minimum absolute atomic E-state index is 0.0879. The molecule has 0 radical (unpaired) electrons. The second-order valence-corrected chi connectivity index (χ2v) is 4.75. The van der Waals surface area contributed by atoms with Crippen LogP contribution in [-0.4, -0.2) is 35.2 Å². The number of hydrogen-bond acceptors (Lipinski definition) is 2. The Hall–Kier alpha value is -1.76.